The van der Waals surface area contributed by atoms with Gasteiger partial charge in [-0.1, -0.05) is 0 Å². The summed E-state index contributed by atoms with van der Waals surface area (Å²) in [6.07, 6.45) is 1.51. The van der Waals surface area contributed by atoms with Crippen LogP contribution in [0.1, 0.15) is 10.6 Å². The first kappa shape index (κ1) is 8.36. The standard InChI is InChI=1S/C8H5N3O3/c12-5(8(13)14)7-10-4-2-1-3-9-6(4)11-7/h1-3H,(H,13,14)(H,9,10,11). The molecule has 0 aliphatic carbocycles. The molecule has 2 heterocycles. The molecule has 6 heteroatoms. The van der Waals surface area contributed by atoms with Crippen molar-refractivity contribution >= 4 is 22.9 Å². The number of carboxylic acids is 1. The number of carbonyl (C=O) groups excluding carboxylic acids is 1. The quantitative estimate of drug-likeness (QED) is 0.523. The molecule has 2 N–H and O–H groups in total. The third-order valence-corrected chi connectivity index (χ3v) is 1.67. The normalized spacial score (nSPS) is 10.3. The maximum Gasteiger partial charge on any atom is 0.380 e. The van der Waals surface area contributed by atoms with Crippen LogP contribution in [0.15, 0.2) is 18.3 Å². The fourth-order valence-electron chi connectivity index (χ4n) is 1.05. The van der Waals surface area contributed by atoms with E-state index in [4.69, 9.17) is 5.11 Å². The Morgan fingerprint density at radius 1 is 1.43 bits per heavy atom. The number of ketones is 1. The van der Waals surface area contributed by atoms with Crippen LogP contribution >= 0.6 is 0 Å². The topological polar surface area (TPSA) is 95.9 Å². The average Bonchev–Trinajstić information content (AvgIpc) is 2.59. The highest BCUT2D eigenvalue weighted by Crippen LogP contribution is 2.07. The van der Waals surface area contributed by atoms with E-state index in [0.717, 1.165) is 0 Å². The van der Waals surface area contributed by atoms with E-state index in [0.29, 0.717) is 11.2 Å². The second-order valence-electron chi connectivity index (χ2n) is 2.59. The molecule has 0 aliphatic rings. The predicted molar refractivity (Wildman–Crippen MR) is 45.9 cm³/mol. The number of nitrogens with one attached hydrogen (secondary N) is 1. The number of H-pyrrole nitrogens is 1. The molecule has 0 aliphatic heterocycles. The highest BCUT2D eigenvalue weighted by molar-refractivity contribution is 6.39. The van der Waals surface area contributed by atoms with Crippen LogP contribution < -0.4 is 0 Å². The number of nitrogens with zero attached hydrogens (tertiary/aromatic N) is 2. The van der Waals surface area contributed by atoms with Gasteiger partial charge < -0.3 is 10.1 Å². The lowest BCUT2D eigenvalue weighted by molar-refractivity contribution is -0.131. The summed E-state index contributed by atoms with van der Waals surface area (Å²) in [6, 6.07) is 3.32. The van der Waals surface area contributed by atoms with Crippen molar-refractivity contribution in [2.75, 3.05) is 0 Å². The lowest BCUT2D eigenvalue weighted by atomic mass is 10.4. The van der Waals surface area contributed by atoms with Crippen LogP contribution in [-0.4, -0.2) is 31.8 Å². The van der Waals surface area contributed by atoms with E-state index in [1.807, 2.05) is 0 Å². The van der Waals surface area contributed by atoms with E-state index in [9.17, 15) is 9.59 Å². The Bertz CT molecular complexity index is 484. The summed E-state index contributed by atoms with van der Waals surface area (Å²) in [5.41, 5.74) is 0.870. The van der Waals surface area contributed by atoms with Gasteiger partial charge in [-0.15, -0.1) is 0 Å². The first-order valence-electron chi connectivity index (χ1n) is 3.77. The number of Topliss-reactive ketones (excluding diaryl/α,β-unsaturated/α-hetero) is 1. The van der Waals surface area contributed by atoms with Crippen LogP contribution in [0.25, 0.3) is 11.2 Å². The number of hydrogen-bond acceptors (Lipinski definition) is 4. The number of rotatable bonds is 2. The van der Waals surface area contributed by atoms with Crippen LogP contribution in [0, 0.1) is 0 Å². The lowest BCUT2D eigenvalue weighted by Gasteiger charge is -1.85. The highest BCUT2D eigenvalue weighted by Gasteiger charge is 2.18. The van der Waals surface area contributed by atoms with Gasteiger partial charge in [0.25, 0.3) is 0 Å². The number of imidazole rings is 1. The van der Waals surface area contributed by atoms with Crippen molar-refractivity contribution in [1.82, 2.24) is 15.0 Å². The van der Waals surface area contributed by atoms with E-state index in [-0.39, 0.29) is 5.82 Å². The summed E-state index contributed by atoms with van der Waals surface area (Å²) in [6.45, 7) is 0. The fraction of sp³-hybridized carbons (Fsp3) is 0. The largest absolute Gasteiger partial charge is 0.475 e. The van der Waals surface area contributed by atoms with Gasteiger partial charge >= 0.3 is 11.8 Å². The molecule has 0 amide bonds. The van der Waals surface area contributed by atoms with Gasteiger partial charge in [-0.05, 0) is 12.1 Å². The van der Waals surface area contributed by atoms with E-state index >= 15 is 0 Å². The van der Waals surface area contributed by atoms with Crippen molar-refractivity contribution in [1.29, 1.82) is 0 Å². The van der Waals surface area contributed by atoms with Gasteiger partial charge in [-0.3, -0.25) is 4.79 Å². The van der Waals surface area contributed by atoms with Gasteiger partial charge in [0.15, 0.2) is 11.5 Å². The van der Waals surface area contributed by atoms with Gasteiger partial charge in [0.2, 0.25) is 0 Å². The molecule has 6 nitrogen and oxygen atoms in total. The van der Waals surface area contributed by atoms with Crippen LogP contribution in [0.2, 0.25) is 0 Å². The predicted octanol–water partition coefficient (Wildman–Crippen LogP) is 0.225. The lowest BCUT2D eigenvalue weighted by Crippen LogP contribution is -2.14. The van der Waals surface area contributed by atoms with Gasteiger partial charge in [-0.25, -0.2) is 14.8 Å². The Morgan fingerprint density at radius 3 is 2.86 bits per heavy atom. The Labute approximate surface area is 77.6 Å². The summed E-state index contributed by atoms with van der Waals surface area (Å²) < 4.78 is 0. The summed E-state index contributed by atoms with van der Waals surface area (Å²) in [4.78, 5) is 31.5. The monoisotopic (exact) mass is 191 g/mol. The van der Waals surface area contributed by atoms with Crippen LogP contribution in [0.5, 0.6) is 0 Å². The number of fused-ring (bicyclic) bond motifs is 1. The minimum absolute atomic E-state index is 0.203. The molecule has 2 rings (SSSR count). The number of pyridine rings is 1. The van der Waals surface area contributed by atoms with Crippen LogP contribution in [0.3, 0.4) is 0 Å². The Kier molecular flexibility index (Phi) is 1.74. The fourth-order valence-corrected chi connectivity index (χ4v) is 1.05. The van der Waals surface area contributed by atoms with Gasteiger partial charge in [0.05, 0.1) is 5.52 Å². The summed E-state index contributed by atoms with van der Waals surface area (Å²) in [5.74, 6) is -2.81. The smallest absolute Gasteiger partial charge is 0.380 e. The molecule has 0 saturated carbocycles. The summed E-state index contributed by atoms with van der Waals surface area (Å²) in [5, 5.41) is 8.43. The van der Waals surface area contributed by atoms with E-state index in [1.165, 1.54) is 6.20 Å². The van der Waals surface area contributed by atoms with Crippen molar-refractivity contribution in [3.63, 3.8) is 0 Å². The van der Waals surface area contributed by atoms with Crippen molar-refractivity contribution < 1.29 is 14.7 Å². The number of carboxylic acid groups (broad SMARTS) is 1. The van der Waals surface area contributed by atoms with Crippen LogP contribution in [0.4, 0.5) is 0 Å². The minimum Gasteiger partial charge on any atom is -0.475 e. The molecule has 0 atom stereocenters. The molecule has 0 unspecified atom stereocenters. The Hall–Kier alpha value is -2.24. The molecule has 0 radical (unpaired) electrons. The summed E-state index contributed by atoms with van der Waals surface area (Å²) in [7, 11) is 0. The zero-order valence-corrected chi connectivity index (χ0v) is 6.89. The van der Waals surface area contributed by atoms with Crippen LogP contribution in [-0.2, 0) is 4.79 Å². The zero-order valence-electron chi connectivity index (χ0n) is 6.89. The molecule has 2 aromatic rings. The molecule has 0 fully saturated rings. The number of carbonyl (C=O) groups is 2. The molecular formula is C8H5N3O3. The van der Waals surface area contributed by atoms with Crippen molar-refractivity contribution in [3.05, 3.63) is 24.2 Å². The zero-order chi connectivity index (χ0) is 10.1. The molecule has 0 aromatic carbocycles. The van der Waals surface area contributed by atoms with Crippen molar-refractivity contribution in [2.24, 2.45) is 0 Å². The minimum atomic E-state index is -1.54. The van der Waals surface area contributed by atoms with E-state index in [1.54, 1.807) is 12.1 Å². The number of aromatic amines is 1. The Balaban J connectivity index is 2.55. The molecule has 0 bridgehead atoms. The number of aromatic nitrogens is 3. The second kappa shape index (κ2) is 2.91. The van der Waals surface area contributed by atoms with Gasteiger partial charge in [0.1, 0.15) is 0 Å². The molecule has 2 aromatic heterocycles. The van der Waals surface area contributed by atoms with Gasteiger partial charge in [0, 0.05) is 6.20 Å². The Morgan fingerprint density at radius 2 is 2.21 bits per heavy atom. The highest BCUT2D eigenvalue weighted by atomic mass is 16.4. The summed E-state index contributed by atoms with van der Waals surface area (Å²) >= 11 is 0. The van der Waals surface area contributed by atoms with Crippen molar-refractivity contribution in [2.45, 2.75) is 0 Å². The number of aliphatic carboxylic acids is 1. The SMILES string of the molecule is O=C(O)C(=O)c1nc2ncccc2[nH]1. The molecule has 70 valence electrons. The molecule has 0 saturated heterocycles. The number of hydrogen-bond donors (Lipinski definition) is 2. The van der Waals surface area contributed by atoms with Crippen molar-refractivity contribution in [3.8, 4) is 0 Å². The van der Waals surface area contributed by atoms with E-state index in [2.05, 4.69) is 15.0 Å². The first-order valence-corrected chi connectivity index (χ1v) is 3.77. The molecular weight excluding hydrogens is 186 g/mol. The van der Waals surface area contributed by atoms with E-state index < -0.39 is 11.8 Å². The maximum absolute atomic E-state index is 11.0. The maximum atomic E-state index is 11.0. The third-order valence-electron chi connectivity index (χ3n) is 1.67. The second-order valence-corrected chi connectivity index (χ2v) is 2.59. The first-order chi connectivity index (χ1) is 6.68. The molecule has 14 heavy (non-hydrogen) atoms. The average molecular weight is 191 g/mol. The molecule has 0 spiro atoms. The van der Waals surface area contributed by atoms with Gasteiger partial charge in [-0.2, -0.15) is 0 Å². The third kappa shape index (κ3) is 1.22.